The fourth-order valence-corrected chi connectivity index (χ4v) is 1.53. The number of hydrogen-bond donors (Lipinski definition) is 1. The van der Waals surface area contributed by atoms with E-state index in [4.69, 9.17) is 5.73 Å². The Morgan fingerprint density at radius 2 is 2.15 bits per heavy atom. The summed E-state index contributed by atoms with van der Waals surface area (Å²) in [7, 11) is 0. The summed E-state index contributed by atoms with van der Waals surface area (Å²) in [5.41, 5.74) is 8.49. The fraction of sp³-hybridized carbons (Fsp3) is 0.455. The van der Waals surface area contributed by atoms with E-state index in [1.165, 1.54) is 15.6 Å². The predicted octanol–water partition coefficient (Wildman–Crippen LogP) is 3.04. The zero-order valence-electron chi connectivity index (χ0n) is 8.18. The lowest BCUT2D eigenvalue weighted by Gasteiger charge is -2.09. The number of hydrogen-bond acceptors (Lipinski definition) is 1. The van der Waals surface area contributed by atoms with Gasteiger partial charge in [0.2, 0.25) is 0 Å². The van der Waals surface area contributed by atoms with Crippen LogP contribution >= 0.6 is 15.9 Å². The third-order valence-electron chi connectivity index (χ3n) is 2.24. The van der Waals surface area contributed by atoms with Crippen molar-refractivity contribution in [3.63, 3.8) is 0 Å². The lowest BCUT2D eigenvalue weighted by molar-refractivity contribution is 0.646. The summed E-state index contributed by atoms with van der Waals surface area (Å²) < 4.78 is 1.17. The highest BCUT2D eigenvalue weighted by Crippen LogP contribution is 2.17. The maximum Gasteiger partial charge on any atom is 0.0204 e. The molecule has 0 aromatic heterocycles. The monoisotopic (exact) mass is 241 g/mol. The van der Waals surface area contributed by atoms with E-state index in [-0.39, 0.29) is 0 Å². The zero-order chi connectivity index (χ0) is 9.84. The van der Waals surface area contributed by atoms with E-state index in [1.54, 1.807) is 0 Å². The number of nitrogens with two attached hydrogens (primary N) is 1. The Kier molecular flexibility index (Phi) is 3.94. The summed E-state index contributed by atoms with van der Waals surface area (Å²) in [6.07, 6.45) is 2.01. The molecule has 1 aromatic carbocycles. The van der Waals surface area contributed by atoms with Crippen LogP contribution in [0.25, 0.3) is 0 Å². The molecule has 0 spiro atoms. The molecule has 72 valence electrons. The lowest BCUT2D eigenvalue weighted by atomic mass is 10.0. The molecule has 0 saturated carbocycles. The summed E-state index contributed by atoms with van der Waals surface area (Å²) in [6, 6.07) is 6.71. The summed E-state index contributed by atoms with van der Waals surface area (Å²) in [6.45, 7) is 4.22. The number of halogens is 1. The van der Waals surface area contributed by atoms with E-state index in [2.05, 4.69) is 48.0 Å². The quantitative estimate of drug-likeness (QED) is 0.866. The van der Waals surface area contributed by atoms with Crippen molar-refractivity contribution in [3.05, 3.63) is 33.8 Å². The second-order valence-electron chi connectivity index (χ2n) is 3.46. The summed E-state index contributed by atoms with van der Waals surface area (Å²) in [5, 5.41) is 0. The maximum atomic E-state index is 5.88. The van der Waals surface area contributed by atoms with Gasteiger partial charge in [0, 0.05) is 10.5 Å². The highest BCUT2D eigenvalue weighted by atomic mass is 79.9. The summed E-state index contributed by atoms with van der Waals surface area (Å²) >= 11 is 3.48. The van der Waals surface area contributed by atoms with Crippen LogP contribution in [-0.4, -0.2) is 6.04 Å². The molecule has 0 aliphatic heterocycles. The Bertz CT molecular complexity index is 283. The molecule has 0 radical (unpaired) electrons. The van der Waals surface area contributed by atoms with Crippen molar-refractivity contribution in [2.75, 3.05) is 0 Å². The third-order valence-corrected chi connectivity index (χ3v) is 3.13. The molecule has 2 heteroatoms. The maximum absolute atomic E-state index is 5.88. The number of rotatable bonds is 3. The van der Waals surface area contributed by atoms with Gasteiger partial charge < -0.3 is 5.73 Å². The number of aryl methyl sites for hydroxylation is 1. The van der Waals surface area contributed by atoms with Crippen molar-refractivity contribution in [1.82, 2.24) is 0 Å². The Morgan fingerprint density at radius 3 is 2.69 bits per heavy atom. The van der Waals surface area contributed by atoms with Crippen molar-refractivity contribution in [3.8, 4) is 0 Å². The standard InChI is InChI=1S/C11H16BrN/c1-3-10(13)7-9-4-5-11(12)8(2)6-9/h4-6,10H,3,7,13H2,1-2H3. The van der Waals surface area contributed by atoms with Crippen LogP contribution in [0.3, 0.4) is 0 Å². The van der Waals surface area contributed by atoms with Crippen molar-refractivity contribution >= 4 is 15.9 Å². The van der Waals surface area contributed by atoms with Gasteiger partial charge in [0.1, 0.15) is 0 Å². The summed E-state index contributed by atoms with van der Waals surface area (Å²) in [4.78, 5) is 0. The minimum Gasteiger partial charge on any atom is -0.327 e. The first-order valence-corrected chi connectivity index (χ1v) is 5.43. The van der Waals surface area contributed by atoms with Gasteiger partial charge in [0.25, 0.3) is 0 Å². The largest absolute Gasteiger partial charge is 0.327 e. The topological polar surface area (TPSA) is 26.0 Å². The fourth-order valence-electron chi connectivity index (χ4n) is 1.28. The van der Waals surface area contributed by atoms with Crippen molar-refractivity contribution in [2.24, 2.45) is 5.73 Å². The van der Waals surface area contributed by atoms with Crippen molar-refractivity contribution < 1.29 is 0 Å². The van der Waals surface area contributed by atoms with Crippen LogP contribution in [0.1, 0.15) is 24.5 Å². The molecule has 1 aromatic rings. The van der Waals surface area contributed by atoms with Gasteiger partial charge >= 0.3 is 0 Å². The van der Waals surface area contributed by atoms with Gasteiger partial charge in [0.15, 0.2) is 0 Å². The molecule has 0 amide bonds. The highest BCUT2D eigenvalue weighted by Gasteiger charge is 2.02. The van der Waals surface area contributed by atoms with E-state index in [9.17, 15) is 0 Å². The molecule has 2 N–H and O–H groups in total. The van der Waals surface area contributed by atoms with Crippen LogP contribution in [0.5, 0.6) is 0 Å². The molecule has 1 nitrogen and oxygen atoms in total. The molecule has 0 aliphatic rings. The van der Waals surface area contributed by atoms with Gasteiger partial charge in [-0.05, 0) is 37.0 Å². The van der Waals surface area contributed by atoms with Crippen LogP contribution in [0, 0.1) is 6.92 Å². The Labute approximate surface area is 88.5 Å². The van der Waals surface area contributed by atoms with Gasteiger partial charge in [-0.3, -0.25) is 0 Å². The molecule has 0 saturated heterocycles. The first kappa shape index (κ1) is 10.7. The third kappa shape index (κ3) is 3.12. The van der Waals surface area contributed by atoms with Gasteiger partial charge in [-0.2, -0.15) is 0 Å². The molecule has 1 unspecified atom stereocenters. The Morgan fingerprint density at radius 1 is 1.46 bits per heavy atom. The van der Waals surface area contributed by atoms with Gasteiger partial charge in [-0.25, -0.2) is 0 Å². The smallest absolute Gasteiger partial charge is 0.0204 e. The van der Waals surface area contributed by atoms with Crippen LogP contribution in [0.4, 0.5) is 0 Å². The Hall–Kier alpha value is -0.340. The molecule has 1 atom stereocenters. The molecular weight excluding hydrogens is 226 g/mol. The van der Waals surface area contributed by atoms with Gasteiger partial charge in [0.05, 0.1) is 0 Å². The molecular formula is C11H16BrN. The van der Waals surface area contributed by atoms with E-state index in [0.29, 0.717) is 6.04 Å². The Balaban J connectivity index is 2.73. The normalized spacial score (nSPS) is 12.9. The molecule has 0 heterocycles. The van der Waals surface area contributed by atoms with Crippen LogP contribution in [-0.2, 0) is 6.42 Å². The molecule has 0 fully saturated rings. The highest BCUT2D eigenvalue weighted by molar-refractivity contribution is 9.10. The van der Waals surface area contributed by atoms with Gasteiger partial charge in [-0.1, -0.05) is 35.0 Å². The van der Waals surface area contributed by atoms with Crippen LogP contribution < -0.4 is 5.73 Å². The first-order chi connectivity index (χ1) is 6.13. The average Bonchev–Trinajstić information content (AvgIpc) is 2.11. The van der Waals surface area contributed by atoms with Crippen molar-refractivity contribution in [2.45, 2.75) is 32.7 Å². The second-order valence-corrected chi connectivity index (χ2v) is 4.31. The molecule has 0 bridgehead atoms. The summed E-state index contributed by atoms with van der Waals surface area (Å²) in [5.74, 6) is 0. The minimum absolute atomic E-state index is 0.292. The average molecular weight is 242 g/mol. The van der Waals surface area contributed by atoms with Crippen LogP contribution in [0.15, 0.2) is 22.7 Å². The van der Waals surface area contributed by atoms with Crippen molar-refractivity contribution in [1.29, 1.82) is 0 Å². The first-order valence-electron chi connectivity index (χ1n) is 4.64. The van der Waals surface area contributed by atoms with E-state index < -0.39 is 0 Å². The SMILES string of the molecule is CCC(N)Cc1ccc(Br)c(C)c1. The molecule has 1 rings (SSSR count). The second kappa shape index (κ2) is 4.77. The minimum atomic E-state index is 0.292. The van der Waals surface area contributed by atoms with E-state index in [1.807, 2.05) is 0 Å². The lowest BCUT2D eigenvalue weighted by Crippen LogP contribution is -2.21. The van der Waals surface area contributed by atoms with E-state index in [0.717, 1.165) is 12.8 Å². The zero-order valence-corrected chi connectivity index (χ0v) is 9.76. The molecule has 0 aliphatic carbocycles. The molecule has 13 heavy (non-hydrogen) atoms. The van der Waals surface area contributed by atoms with Crippen LogP contribution in [0.2, 0.25) is 0 Å². The number of benzene rings is 1. The van der Waals surface area contributed by atoms with Gasteiger partial charge in [-0.15, -0.1) is 0 Å². The van der Waals surface area contributed by atoms with E-state index >= 15 is 0 Å². The predicted molar refractivity (Wildman–Crippen MR) is 60.8 cm³/mol.